The Morgan fingerprint density at radius 3 is 2.29 bits per heavy atom. The van der Waals surface area contributed by atoms with Gasteiger partial charge in [-0.3, -0.25) is 9.59 Å². The van der Waals surface area contributed by atoms with Crippen molar-refractivity contribution in [3.8, 4) is 0 Å². The van der Waals surface area contributed by atoms with Gasteiger partial charge in [-0.25, -0.2) is 4.79 Å². The predicted octanol–water partition coefficient (Wildman–Crippen LogP) is 5.93. The SMILES string of the molecule is CSCCC(NC(=O)OC(C)(C)C)C(=O)N(C)C(C(=O)Nc1ccc2ccccc2c1)c1ccccc1C. The van der Waals surface area contributed by atoms with Crippen LogP contribution in [0.5, 0.6) is 0 Å². The Morgan fingerprint density at radius 2 is 1.63 bits per heavy atom. The molecule has 3 rings (SSSR count). The molecule has 2 unspecified atom stereocenters. The van der Waals surface area contributed by atoms with Crippen LogP contribution in [0.1, 0.15) is 44.4 Å². The van der Waals surface area contributed by atoms with E-state index < -0.39 is 23.8 Å². The summed E-state index contributed by atoms with van der Waals surface area (Å²) in [6.07, 6.45) is 1.67. The standard InChI is InChI=1S/C30H37N3O4S/c1-20-11-7-10-14-24(20)26(27(34)31-23-16-15-21-12-8-9-13-22(21)19-23)33(5)28(35)25(17-18-38-6)32-29(36)37-30(2,3)4/h7-16,19,25-26H,17-18H2,1-6H3,(H,31,34)(H,32,36). The van der Waals surface area contributed by atoms with E-state index in [1.165, 1.54) is 4.90 Å². The summed E-state index contributed by atoms with van der Waals surface area (Å²) in [5.41, 5.74) is 1.53. The zero-order chi connectivity index (χ0) is 27.9. The average molecular weight is 536 g/mol. The van der Waals surface area contributed by atoms with Crippen molar-refractivity contribution < 1.29 is 19.1 Å². The summed E-state index contributed by atoms with van der Waals surface area (Å²) in [6, 6.07) is 19.4. The van der Waals surface area contributed by atoms with Crippen molar-refractivity contribution in [1.82, 2.24) is 10.2 Å². The third kappa shape index (κ3) is 7.74. The van der Waals surface area contributed by atoms with Gasteiger partial charge in [0.2, 0.25) is 5.91 Å². The van der Waals surface area contributed by atoms with Crippen molar-refractivity contribution in [2.75, 3.05) is 24.4 Å². The summed E-state index contributed by atoms with van der Waals surface area (Å²) in [7, 11) is 1.60. The summed E-state index contributed by atoms with van der Waals surface area (Å²) in [4.78, 5) is 41.5. The Labute approximate surface area is 229 Å². The summed E-state index contributed by atoms with van der Waals surface area (Å²) < 4.78 is 5.40. The van der Waals surface area contributed by atoms with Crippen LogP contribution in [0.15, 0.2) is 66.7 Å². The van der Waals surface area contributed by atoms with Crippen LogP contribution in [0.2, 0.25) is 0 Å². The number of carbonyl (C=O) groups is 3. The number of thioether (sulfide) groups is 1. The third-order valence-electron chi connectivity index (χ3n) is 6.08. The molecule has 0 bridgehead atoms. The van der Waals surface area contributed by atoms with E-state index in [-0.39, 0.29) is 11.8 Å². The molecular weight excluding hydrogens is 498 g/mol. The molecule has 0 heterocycles. The average Bonchev–Trinajstić information content (AvgIpc) is 2.86. The minimum Gasteiger partial charge on any atom is -0.444 e. The first-order valence-corrected chi connectivity index (χ1v) is 14.0. The van der Waals surface area contributed by atoms with Crippen molar-refractivity contribution in [3.05, 3.63) is 77.9 Å². The molecule has 0 saturated carbocycles. The number of hydrogen-bond donors (Lipinski definition) is 2. The van der Waals surface area contributed by atoms with E-state index in [1.807, 2.05) is 79.9 Å². The summed E-state index contributed by atoms with van der Waals surface area (Å²) in [5.74, 6) is -0.0589. The summed E-state index contributed by atoms with van der Waals surface area (Å²) in [5, 5.41) is 7.79. The monoisotopic (exact) mass is 535 g/mol. The maximum Gasteiger partial charge on any atom is 0.408 e. The van der Waals surface area contributed by atoms with E-state index >= 15 is 0 Å². The van der Waals surface area contributed by atoms with Gasteiger partial charge in [0, 0.05) is 12.7 Å². The number of likely N-dealkylation sites (N-methyl/N-ethyl adjacent to an activating group) is 1. The Hall–Kier alpha value is -3.52. The first-order chi connectivity index (χ1) is 18.0. The number of alkyl carbamates (subject to hydrolysis) is 1. The molecule has 8 heteroatoms. The number of carbonyl (C=O) groups excluding carboxylic acids is 3. The van der Waals surface area contributed by atoms with Gasteiger partial charge < -0.3 is 20.3 Å². The summed E-state index contributed by atoms with van der Waals surface area (Å²) in [6.45, 7) is 7.21. The van der Waals surface area contributed by atoms with Gasteiger partial charge in [0.1, 0.15) is 17.7 Å². The van der Waals surface area contributed by atoms with Crippen LogP contribution in [-0.2, 0) is 14.3 Å². The number of nitrogens with zero attached hydrogens (tertiary/aromatic N) is 1. The van der Waals surface area contributed by atoms with Crippen molar-refractivity contribution >= 4 is 46.1 Å². The highest BCUT2D eigenvalue weighted by Gasteiger charge is 2.34. The first-order valence-electron chi connectivity index (χ1n) is 12.6. The Bertz CT molecular complexity index is 1290. The quantitative estimate of drug-likeness (QED) is 0.354. The van der Waals surface area contributed by atoms with E-state index in [0.717, 1.165) is 16.3 Å². The fraction of sp³-hybridized carbons (Fsp3) is 0.367. The second-order valence-electron chi connectivity index (χ2n) is 10.2. The first kappa shape index (κ1) is 29.0. The normalized spacial score (nSPS) is 12.9. The lowest BCUT2D eigenvalue weighted by molar-refractivity contribution is -0.139. The Morgan fingerprint density at radius 1 is 0.974 bits per heavy atom. The molecule has 0 saturated heterocycles. The van der Waals surface area contributed by atoms with Gasteiger partial charge in [-0.05, 0) is 80.2 Å². The molecule has 0 aliphatic carbocycles. The van der Waals surface area contributed by atoms with E-state index in [4.69, 9.17) is 4.74 Å². The molecular formula is C30H37N3O4S. The minimum atomic E-state index is -0.910. The third-order valence-corrected chi connectivity index (χ3v) is 6.73. The highest BCUT2D eigenvalue weighted by atomic mass is 32.2. The van der Waals surface area contributed by atoms with Crippen LogP contribution in [-0.4, -0.2) is 53.5 Å². The fourth-order valence-corrected chi connectivity index (χ4v) is 4.68. The van der Waals surface area contributed by atoms with Gasteiger partial charge >= 0.3 is 6.09 Å². The number of ether oxygens (including phenoxy) is 1. The number of rotatable bonds is 9. The van der Waals surface area contributed by atoms with Gasteiger partial charge in [-0.15, -0.1) is 0 Å². The number of aryl methyl sites for hydroxylation is 1. The number of fused-ring (bicyclic) bond motifs is 1. The van der Waals surface area contributed by atoms with Gasteiger partial charge in [-0.1, -0.05) is 54.6 Å². The van der Waals surface area contributed by atoms with Crippen molar-refractivity contribution in [2.45, 2.75) is 51.8 Å². The Balaban J connectivity index is 1.91. The molecule has 0 aromatic heterocycles. The number of anilines is 1. The van der Waals surface area contributed by atoms with Crippen molar-refractivity contribution in [3.63, 3.8) is 0 Å². The fourth-order valence-electron chi connectivity index (χ4n) is 4.21. The number of hydrogen-bond acceptors (Lipinski definition) is 5. The molecule has 0 aliphatic rings. The lowest BCUT2D eigenvalue weighted by Gasteiger charge is -2.32. The summed E-state index contributed by atoms with van der Waals surface area (Å²) >= 11 is 1.57. The van der Waals surface area contributed by atoms with Gasteiger partial charge in [0.25, 0.3) is 5.91 Å². The van der Waals surface area contributed by atoms with E-state index in [2.05, 4.69) is 10.6 Å². The van der Waals surface area contributed by atoms with Crippen LogP contribution in [0.4, 0.5) is 10.5 Å². The van der Waals surface area contributed by atoms with Crippen molar-refractivity contribution in [1.29, 1.82) is 0 Å². The maximum absolute atomic E-state index is 13.8. The van der Waals surface area contributed by atoms with Crippen LogP contribution in [0, 0.1) is 6.92 Å². The molecule has 0 aliphatic heterocycles. The highest BCUT2D eigenvalue weighted by Crippen LogP contribution is 2.27. The van der Waals surface area contributed by atoms with E-state index in [0.29, 0.717) is 23.4 Å². The van der Waals surface area contributed by atoms with Gasteiger partial charge in [0.05, 0.1) is 0 Å². The van der Waals surface area contributed by atoms with Crippen LogP contribution < -0.4 is 10.6 Å². The van der Waals surface area contributed by atoms with E-state index in [1.54, 1.807) is 39.6 Å². The molecule has 3 aromatic rings. The number of amides is 3. The largest absolute Gasteiger partial charge is 0.444 e. The van der Waals surface area contributed by atoms with Crippen LogP contribution in [0.3, 0.4) is 0 Å². The number of benzene rings is 3. The maximum atomic E-state index is 13.8. The molecule has 202 valence electrons. The molecule has 0 radical (unpaired) electrons. The molecule has 3 aromatic carbocycles. The molecule has 38 heavy (non-hydrogen) atoms. The Kier molecular flexibility index (Phi) is 9.80. The molecule has 0 spiro atoms. The second kappa shape index (κ2) is 12.8. The minimum absolute atomic E-state index is 0.341. The molecule has 3 amide bonds. The molecule has 2 atom stereocenters. The molecule has 2 N–H and O–H groups in total. The zero-order valence-electron chi connectivity index (χ0n) is 22.9. The van der Waals surface area contributed by atoms with Gasteiger partial charge in [-0.2, -0.15) is 11.8 Å². The number of nitrogens with one attached hydrogen (secondary N) is 2. The molecule has 7 nitrogen and oxygen atoms in total. The van der Waals surface area contributed by atoms with E-state index in [9.17, 15) is 14.4 Å². The highest BCUT2D eigenvalue weighted by molar-refractivity contribution is 7.98. The molecule has 0 fully saturated rings. The lowest BCUT2D eigenvalue weighted by Crippen LogP contribution is -2.51. The predicted molar refractivity (Wildman–Crippen MR) is 155 cm³/mol. The van der Waals surface area contributed by atoms with Crippen LogP contribution >= 0.6 is 11.8 Å². The second-order valence-corrected chi connectivity index (χ2v) is 11.2. The topological polar surface area (TPSA) is 87.7 Å². The zero-order valence-corrected chi connectivity index (χ0v) is 23.7. The smallest absolute Gasteiger partial charge is 0.408 e. The van der Waals surface area contributed by atoms with Gasteiger partial charge in [0.15, 0.2) is 0 Å². The lowest BCUT2D eigenvalue weighted by atomic mass is 9.98. The van der Waals surface area contributed by atoms with Crippen molar-refractivity contribution in [2.24, 2.45) is 0 Å². The van der Waals surface area contributed by atoms with Crippen LogP contribution in [0.25, 0.3) is 10.8 Å².